The minimum Gasteiger partial charge on any atom is -0.505 e. The maximum Gasteiger partial charge on any atom is 0.339 e. The molecule has 0 bridgehead atoms. The van der Waals surface area contributed by atoms with Crippen molar-refractivity contribution in [3.8, 4) is 11.5 Å². The van der Waals surface area contributed by atoms with Gasteiger partial charge in [0.05, 0.1) is 7.11 Å². The third-order valence-corrected chi connectivity index (χ3v) is 2.61. The molecule has 0 saturated heterocycles. The smallest absolute Gasteiger partial charge is 0.339 e. The van der Waals surface area contributed by atoms with Gasteiger partial charge in [0, 0.05) is 0 Å². The van der Waals surface area contributed by atoms with E-state index in [0.29, 0.717) is 12.0 Å². The molecule has 0 radical (unpaired) electrons. The van der Waals surface area contributed by atoms with Crippen LogP contribution in [0.1, 0.15) is 29.3 Å². The van der Waals surface area contributed by atoms with Crippen LogP contribution >= 0.6 is 11.6 Å². The van der Waals surface area contributed by atoms with Gasteiger partial charge in [-0.15, -0.1) is 0 Å². The predicted molar refractivity (Wildman–Crippen MR) is 60.6 cm³/mol. The first-order valence-electron chi connectivity index (χ1n) is 4.84. The number of carboxylic acids is 1. The molecule has 0 amide bonds. The number of hydrogen-bond donors (Lipinski definition) is 2. The summed E-state index contributed by atoms with van der Waals surface area (Å²) in [5, 5.41) is 18.6. The van der Waals surface area contributed by atoms with Gasteiger partial charge in [0.25, 0.3) is 0 Å². The van der Waals surface area contributed by atoms with E-state index in [1.54, 1.807) is 6.07 Å². The van der Waals surface area contributed by atoms with E-state index in [9.17, 15) is 9.90 Å². The Hall–Kier alpha value is -1.42. The molecule has 0 aromatic heterocycles. The molecule has 1 aromatic rings. The number of carbonyl (C=O) groups is 1. The summed E-state index contributed by atoms with van der Waals surface area (Å²) in [7, 11) is 1.41. The molecule has 0 saturated carbocycles. The molecular formula is C11H13ClO4. The zero-order valence-corrected chi connectivity index (χ0v) is 9.84. The van der Waals surface area contributed by atoms with Gasteiger partial charge in [-0.3, -0.25) is 0 Å². The van der Waals surface area contributed by atoms with Crippen LogP contribution in [0.3, 0.4) is 0 Å². The van der Waals surface area contributed by atoms with Crippen LogP contribution < -0.4 is 4.74 Å². The molecule has 0 aliphatic rings. The fourth-order valence-corrected chi connectivity index (χ4v) is 1.75. The van der Waals surface area contributed by atoms with E-state index in [1.807, 2.05) is 6.92 Å². The molecule has 0 atom stereocenters. The van der Waals surface area contributed by atoms with Crippen molar-refractivity contribution in [1.82, 2.24) is 0 Å². The van der Waals surface area contributed by atoms with Crippen LogP contribution in [0, 0.1) is 0 Å². The summed E-state index contributed by atoms with van der Waals surface area (Å²) in [5.74, 6) is -1.34. The van der Waals surface area contributed by atoms with Crippen molar-refractivity contribution in [2.24, 2.45) is 0 Å². The van der Waals surface area contributed by atoms with Crippen LogP contribution in [-0.2, 0) is 6.42 Å². The van der Waals surface area contributed by atoms with Crippen molar-refractivity contribution in [3.05, 3.63) is 22.2 Å². The van der Waals surface area contributed by atoms with E-state index in [0.717, 1.165) is 6.42 Å². The van der Waals surface area contributed by atoms with Gasteiger partial charge in [-0.1, -0.05) is 24.9 Å². The molecular weight excluding hydrogens is 232 g/mol. The van der Waals surface area contributed by atoms with Gasteiger partial charge in [0.2, 0.25) is 0 Å². The Morgan fingerprint density at radius 3 is 2.62 bits per heavy atom. The molecule has 2 N–H and O–H groups in total. The zero-order chi connectivity index (χ0) is 12.3. The van der Waals surface area contributed by atoms with Gasteiger partial charge < -0.3 is 14.9 Å². The highest BCUT2D eigenvalue weighted by atomic mass is 35.5. The van der Waals surface area contributed by atoms with Gasteiger partial charge in [-0.05, 0) is 18.1 Å². The number of halogens is 1. The van der Waals surface area contributed by atoms with Gasteiger partial charge in [0.1, 0.15) is 16.3 Å². The van der Waals surface area contributed by atoms with Crippen molar-refractivity contribution in [2.45, 2.75) is 19.8 Å². The number of aromatic hydroxyl groups is 1. The quantitative estimate of drug-likeness (QED) is 0.855. The van der Waals surface area contributed by atoms with Crippen LogP contribution in [0.5, 0.6) is 11.5 Å². The molecule has 1 aromatic carbocycles. The van der Waals surface area contributed by atoms with Crippen molar-refractivity contribution in [1.29, 1.82) is 0 Å². The van der Waals surface area contributed by atoms with Crippen LogP contribution in [-0.4, -0.2) is 23.3 Å². The first kappa shape index (κ1) is 12.6. The number of phenols is 1. The summed E-state index contributed by atoms with van der Waals surface area (Å²) in [6.45, 7) is 1.92. The van der Waals surface area contributed by atoms with Crippen LogP contribution in [0.2, 0.25) is 5.02 Å². The summed E-state index contributed by atoms with van der Waals surface area (Å²) in [6.07, 6.45) is 1.31. The van der Waals surface area contributed by atoms with E-state index in [1.165, 1.54) is 7.11 Å². The minimum atomic E-state index is -1.19. The van der Waals surface area contributed by atoms with Gasteiger partial charge in [0.15, 0.2) is 5.75 Å². The summed E-state index contributed by atoms with van der Waals surface area (Å²) >= 11 is 5.78. The Balaban J connectivity index is 3.45. The third-order valence-electron chi connectivity index (χ3n) is 2.24. The average Bonchev–Trinajstić information content (AvgIpc) is 2.23. The lowest BCUT2D eigenvalue weighted by atomic mass is 10.0. The second-order valence-corrected chi connectivity index (χ2v) is 3.71. The van der Waals surface area contributed by atoms with E-state index in [2.05, 4.69) is 0 Å². The number of hydrogen-bond acceptors (Lipinski definition) is 3. The van der Waals surface area contributed by atoms with Gasteiger partial charge >= 0.3 is 5.97 Å². The van der Waals surface area contributed by atoms with E-state index in [-0.39, 0.29) is 16.3 Å². The Bertz CT molecular complexity index is 415. The standard InChI is InChI=1S/C11H13ClO4/c1-3-4-6-5-7(16-2)9(12)10(13)8(6)11(14)15/h5,13H,3-4H2,1-2H3,(H,14,15). The molecule has 0 aliphatic carbocycles. The minimum absolute atomic E-state index is 0.0697. The lowest BCUT2D eigenvalue weighted by molar-refractivity contribution is 0.0692. The van der Waals surface area contributed by atoms with Crippen LogP contribution in [0.15, 0.2) is 6.07 Å². The highest BCUT2D eigenvalue weighted by Crippen LogP contribution is 2.38. The fraction of sp³-hybridized carbons (Fsp3) is 0.364. The topological polar surface area (TPSA) is 66.8 Å². The predicted octanol–water partition coefficient (Wildman–Crippen LogP) is 2.70. The van der Waals surface area contributed by atoms with Crippen LogP contribution in [0.25, 0.3) is 0 Å². The van der Waals surface area contributed by atoms with E-state index >= 15 is 0 Å². The maximum absolute atomic E-state index is 11.0. The first-order valence-corrected chi connectivity index (χ1v) is 5.22. The van der Waals surface area contributed by atoms with Crippen molar-refractivity contribution >= 4 is 17.6 Å². The molecule has 16 heavy (non-hydrogen) atoms. The summed E-state index contributed by atoms with van der Waals surface area (Å²) < 4.78 is 4.96. The van der Waals surface area contributed by atoms with E-state index in [4.69, 9.17) is 21.4 Å². The second kappa shape index (κ2) is 5.07. The maximum atomic E-state index is 11.0. The van der Waals surface area contributed by atoms with Gasteiger partial charge in [-0.2, -0.15) is 0 Å². The highest BCUT2D eigenvalue weighted by molar-refractivity contribution is 6.34. The molecule has 0 spiro atoms. The molecule has 88 valence electrons. The summed E-state index contributed by atoms with van der Waals surface area (Å²) in [5.41, 5.74) is 0.376. The van der Waals surface area contributed by atoms with Crippen molar-refractivity contribution in [3.63, 3.8) is 0 Å². The normalized spacial score (nSPS) is 10.2. The van der Waals surface area contributed by atoms with Crippen LogP contribution in [0.4, 0.5) is 0 Å². The number of aromatic carboxylic acids is 1. The molecule has 0 heterocycles. The SMILES string of the molecule is CCCc1cc(OC)c(Cl)c(O)c1C(=O)O. The number of carboxylic acid groups (broad SMARTS) is 1. The highest BCUT2D eigenvalue weighted by Gasteiger charge is 2.21. The average molecular weight is 245 g/mol. The number of aryl methyl sites for hydroxylation is 1. The molecule has 5 heteroatoms. The Morgan fingerprint density at radius 1 is 1.56 bits per heavy atom. The number of ether oxygens (including phenoxy) is 1. The monoisotopic (exact) mass is 244 g/mol. The molecule has 0 aliphatic heterocycles. The third kappa shape index (κ3) is 2.22. The number of rotatable bonds is 4. The Labute approximate surface area is 98.4 Å². The molecule has 0 unspecified atom stereocenters. The fourth-order valence-electron chi connectivity index (χ4n) is 1.53. The molecule has 0 fully saturated rings. The second-order valence-electron chi connectivity index (χ2n) is 3.33. The lowest BCUT2D eigenvalue weighted by Gasteiger charge is -2.12. The first-order chi connectivity index (χ1) is 7.52. The summed E-state index contributed by atoms with van der Waals surface area (Å²) in [4.78, 5) is 11.0. The molecule has 4 nitrogen and oxygen atoms in total. The largest absolute Gasteiger partial charge is 0.505 e. The van der Waals surface area contributed by atoms with Crippen molar-refractivity contribution in [2.75, 3.05) is 7.11 Å². The van der Waals surface area contributed by atoms with E-state index < -0.39 is 11.7 Å². The lowest BCUT2D eigenvalue weighted by Crippen LogP contribution is -2.04. The van der Waals surface area contributed by atoms with Crippen molar-refractivity contribution < 1.29 is 19.7 Å². The zero-order valence-electron chi connectivity index (χ0n) is 9.08. The Morgan fingerprint density at radius 2 is 2.19 bits per heavy atom. The number of methoxy groups -OCH3 is 1. The summed E-state index contributed by atoms with van der Waals surface area (Å²) in [6, 6.07) is 1.55. The number of benzene rings is 1. The molecule has 1 rings (SSSR count). The Kier molecular flexibility index (Phi) is 4.01. The van der Waals surface area contributed by atoms with Gasteiger partial charge in [-0.25, -0.2) is 4.79 Å².